The number of aryl methyl sites for hydroxylation is 1. The second-order valence-electron chi connectivity index (χ2n) is 4.56. The molecule has 0 aliphatic carbocycles. The number of halogens is 2. The van der Waals surface area contributed by atoms with E-state index in [9.17, 15) is 10.1 Å². The molecule has 2 aromatic rings. The molecule has 0 aliphatic heterocycles. The maximum absolute atomic E-state index is 11.0. The summed E-state index contributed by atoms with van der Waals surface area (Å²) in [5.41, 5.74) is 2.61. The van der Waals surface area contributed by atoms with Crippen molar-refractivity contribution in [3.8, 4) is 0 Å². The monoisotopic (exact) mass is 368 g/mol. The van der Waals surface area contributed by atoms with Gasteiger partial charge in [0, 0.05) is 28.3 Å². The molecule has 0 atom stereocenters. The van der Waals surface area contributed by atoms with Crippen molar-refractivity contribution in [1.82, 2.24) is 0 Å². The Bertz CT molecular complexity index is 677. The molecule has 0 aliphatic rings. The van der Waals surface area contributed by atoms with Crippen LogP contribution in [-0.4, -0.2) is 4.92 Å². The number of benzene rings is 2. The molecule has 0 aromatic heterocycles. The quantitative estimate of drug-likeness (QED) is 0.583. The molecule has 0 bridgehead atoms. The minimum absolute atomic E-state index is 0.149. The molecule has 0 radical (unpaired) electrons. The normalized spacial score (nSPS) is 10.4. The van der Waals surface area contributed by atoms with Crippen LogP contribution >= 0.6 is 27.5 Å². The molecule has 0 saturated carbocycles. The van der Waals surface area contributed by atoms with Crippen LogP contribution in [0.1, 0.15) is 18.1 Å². The van der Waals surface area contributed by atoms with Gasteiger partial charge in [0.25, 0.3) is 5.69 Å². The summed E-state index contributed by atoms with van der Waals surface area (Å²) in [6.45, 7) is 2.45. The zero-order valence-corrected chi connectivity index (χ0v) is 13.7. The van der Waals surface area contributed by atoms with E-state index in [0.29, 0.717) is 18.0 Å². The Hall–Kier alpha value is -1.59. The summed E-state index contributed by atoms with van der Waals surface area (Å²) in [6, 6.07) is 10.9. The largest absolute Gasteiger partial charge is 0.381 e. The molecule has 4 nitrogen and oxygen atoms in total. The Kier molecular flexibility index (Phi) is 5.20. The molecule has 110 valence electrons. The second kappa shape index (κ2) is 6.91. The Morgan fingerprint density at radius 3 is 2.67 bits per heavy atom. The van der Waals surface area contributed by atoms with Gasteiger partial charge in [-0.15, -0.1) is 0 Å². The lowest BCUT2D eigenvalue weighted by Crippen LogP contribution is -2.01. The Balaban J connectivity index is 2.14. The van der Waals surface area contributed by atoms with E-state index in [0.717, 1.165) is 21.3 Å². The van der Waals surface area contributed by atoms with Crippen LogP contribution in [0.25, 0.3) is 0 Å². The summed E-state index contributed by atoms with van der Waals surface area (Å²) in [5.74, 6) is 0. The molecule has 0 heterocycles. The van der Waals surface area contributed by atoms with Crippen LogP contribution in [0, 0.1) is 10.1 Å². The zero-order chi connectivity index (χ0) is 15.4. The molecular weight excluding hydrogens is 356 g/mol. The van der Waals surface area contributed by atoms with Crippen LogP contribution in [-0.2, 0) is 13.0 Å². The Labute approximate surface area is 136 Å². The number of rotatable bonds is 5. The maximum Gasteiger partial charge on any atom is 0.274 e. The van der Waals surface area contributed by atoms with Crippen molar-refractivity contribution in [1.29, 1.82) is 0 Å². The van der Waals surface area contributed by atoms with Crippen LogP contribution in [0.3, 0.4) is 0 Å². The molecule has 0 unspecified atom stereocenters. The lowest BCUT2D eigenvalue weighted by atomic mass is 10.1. The van der Waals surface area contributed by atoms with Gasteiger partial charge in [0.2, 0.25) is 0 Å². The topological polar surface area (TPSA) is 55.2 Å². The predicted octanol–water partition coefficient (Wildman–Crippen LogP) is 5.19. The van der Waals surface area contributed by atoms with E-state index in [1.807, 2.05) is 31.2 Å². The summed E-state index contributed by atoms with van der Waals surface area (Å²) < 4.78 is 0.843. The van der Waals surface area contributed by atoms with Crippen molar-refractivity contribution >= 4 is 38.9 Å². The first-order chi connectivity index (χ1) is 10.0. The molecular formula is C15H14BrClN2O2. The summed E-state index contributed by atoms with van der Waals surface area (Å²) in [6.07, 6.45) is 0.638. The van der Waals surface area contributed by atoms with E-state index < -0.39 is 0 Å². The molecule has 0 spiro atoms. The van der Waals surface area contributed by atoms with E-state index in [-0.39, 0.29) is 10.6 Å². The predicted molar refractivity (Wildman–Crippen MR) is 89.0 cm³/mol. The molecule has 2 aromatic carbocycles. The highest BCUT2D eigenvalue weighted by Crippen LogP contribution is 2.26. The Morgan fingerprint density at radius 2 is 2.05 bits per heavy atom. The first kappa shape index (κ1) is 15.8. The molecule has 1 N–H and O–H groups in total. The van der Waals surface area contributed by atoms with E-state index >= 15 is 0 Å². The van der Waals surface area contributed by atoms with Gasteiger partial charge in [-0.3, -0.25) is 10.1 Å². The first-order valence-corrected chi connectivity index (χ1v) is 7.63. The number of nitrogens with zero attached hydrogens (tertiary/aromatic N) is 1. The van der Waals surface area contributed by atoms with Gasteiger partial charge in [-0.2, -0.15) is 0 Å². The average molecular weight is 370 g/mol. The van der Waals surface area contributed by atoms with Crippen LogP contribution in [0.15, 0.2) is 40.9 Å². The van der Waals surface area contributed by atoms with E-state index in [4.69, 9.17) is 11.6 Å². The lowest BCUT2D eigenvalue weighted by Gasteiger charge is -2.09. The van der Waals surface area contributed by atoms with Crippen LogP contribution < -0.4 is 5.32 Å². The van der Waals surface area contributed by atoms with Gasteiger partial charge in [0.15, 0.2) is 0 Å². The summed E-state index contributed by atoms with van der Waals surface area (Å²) >= 11 is 9.38. The fourth-order valence-electron chi connectivity index (χ4n) is 2.00. The number of anilines is 1. The highest BCUT2D eigenvalue weighted by molar-refractivity contribution is 9.10. The lowest BCUT2D eigenvalue weighted by molar-refractivity contribution is -0.385. The smallest absolute Gasteiger partial charge is 0.274 e. The van der Waals surface area contributed by atoms with Crippen molar-refractivity contribution in [2.24, 2.45) is 0 Å². The maximum atomic E-state index is 11.0. The Morgan fingerprint density at radius 1 is 1.29 bits per heavy atom. The van der Waals surface area contributed by atoms with Crippen molar-refractivity contribution < 1.29 is 4.92 Å². The van der Waals surface area contributed by atoms with Gasteiger partial charge in [0.1, 0.15) is 0 Å². The van der Waals surface area contributed by atoms with Gasteiger partial charge >= 0.3 is 0 Å². The van der Waals surface area contributed by atoms with Gasteiger partial charge in [-0.05, 0) is 46.1 Å². The number of nitro benzene ring substituents is 1. The third-order valence-electron chi connectivity index (χ3n) is 3.14. The number of hydrogen-bond acceptors (Lipinski definition) is 3. The highest BCUT2D eigenvalue weighted by atomic mass is 79.9. The van der Waals surface area contributed by atoms with Crippen LogP contribution in [0.4, 0.5) is 11.4 Å². The van der Waals surface area contributed by atoms with Crippen molar-refractivity contribution in [2.75, 3.05) is 5.32 Å². The minimum atomic E-state index is -0.347. The van der Waals surface area contributed by atoms with Gasteiger partial charge < -0.3 is 5.32 Å². The van der Waals surface area contributed by atoms with Gasteiger partial charge in [-0.25, -0.2) is 0 Å². The van der Waals surface area contributed by atoms with Crippen LogP contribution in [0.2, 0.25) is 5.02 Å². The van der Waals surface area contributed by atoms with Crippen molar-refractivity contribution in [2.45, 2.75) is 19.9 Å². The molecule has 0 amide bonds. The van der Waals surface area contributed by atoms with Crippen molar-refractivity contribution in [3.63, 3.8) is 0 Å². The van der Waals surface area contributed by atoms with E-state index in [1.54, 1.807) is 12.1 Å². The SMILES string of the molecule is CCc1ccc(NCc2ccc(Br)c(Cl)c2)cc1[N+](=O)[O-]. The van der Waals surface area contributed by atoms with Gasteiger partial charge in [0.05, 0.1) is 9.95 Å². The number of hydrogen-bond donors (Lipinski definition) is 1. The van der Waals surface area contributed by atoms with Gasteiger partial charge in [-0.1, -0.05) is 30.7 Å². The molecule has 0 fully saturated rings. The van der Waals surface area contributed by atoms with E-state index in [2.05, 4.69) is 21.2 Å². The highest BCUT2D eigenvalue weighted by Gasteiger charge is 2.12. The third-order valence-corrected chi connectivity index (χ3v) is 4.38. The molecule has 0 saturated heterocycles. The van der Waals surface area contributed by atoms with Crippen LogP contribution in [0.5, 0.6) is 0 Å². The fraction of sp³-hybridized carbons (Fsp3) is 0.200. The average Bonchev–Trinajstić information content (AvgIpc) is 2.48. The summed E-state index contributed by atoms with van der Waals surface area (Å²) in [5, 5.41) is 14.9. The summed E-state index contributed by atoms with van der Waals surface area (Å²) in [4.78, 5) is 10.7. The summed E-state index contributed by atoms with van der Waals surface area (Å²) in [7, 11) is 0. The molecule has 21 heavy (non-hydrogen) atoms. The van der Waals surface area contributed by atoms with Crippen molar-refractivity contribution in [3.05, 3.63) is 67.1 Å². The molecule has 6 heteroatoms. The number of nitro groups is 1. The number of nitrogens with one attached hydrogen (secondary N) is 1. The molecule has 2 rings (SSSR count). The standard InChI is InChI=1S/C15H14BrClN2O2/c1-2-11-4-5-12(8-15(11)19(20)21)18-9-10-3-6-13(16)14(17)7-10/h3-8,18H,2,9H2,1H3. The fourth-order valence-corrected chi connectivity index (χ4v) is 2.45. The van der Waals surface area contributed by atoms with E-state index in [1.165, 1.54) is 0 Å². The first-order valence-electron chi connectivity index (χ1n) is 6.46. The minimum Gasteiger partial charge on any atom is -0.381 e. The second-order valence-corrected chi connectivity index (χ2v) is 5.82. The third kappa shape index (κ3) is 3.95. The zero-order valence-electron chi connectivity index (χ0n) is 11.4.